The Hall–Kier alpha value is -2.71. The zero-order valence-corrected chi connectivity index (χ0v) is 17.1. The van der Waals surface area contributed by atoms with Gasteiger partial charge < -0.3 is 10.6 Å². The molecule has 0 aromatic heterocycles. The molecule has 0 atom stereocenters. The SMILES string of the molecule is CC1CCN(S(=O)(=O)c2ccc(NC(=O)CNC(=O)c3ccccc3)cc2)CC1. The van der Waals surface area contributed by atoms with Crippen molar-refractivity contribution < 1.29 is 18.0 Å². The molecule has 1 heterocycles. The number of hydrogen-bond donors (Lipinski definition) is 2. The molecule has 2 aromatic carbocycles. The van der Waals surface area contributed by atoms with E-state index in [1.165, 1.54) is 16.4 Å². The van der Waals surface area contributed by atoms with Crippen molar-refractivity contribution in [3.05, 3.63) is 60.2 Å². The number of nitrogens with one attached hydrogen (secondary N) is 2. The molecule has 0 saturated carbocycles. The lowest BCUT2D eigenvalue weighted by Gasteiger charge is -2.29. The normalized spacial score (nSPS) is 15.6. The Balaban J connectivity index is 1.54. The maximum absolute atomic E-state index is 12.7. The average Bonchev–Trinajstić information content (AvgIpc) is 2.73. The van der Waals surface area contributed by atoms with E-state index in [9.17, 15) is 18.0 Å². The molecule has 1 aliphatic rings. The van der Waals surface area contributed by atoms with E-state index in [2.05, 4.69) is 17.6 Å². The molecule has 1 fully saturated rings. The summed E-state index contributed by atoms with van der Waals surface area (Å²) in [6.45, 7) is 3.01. The van der Waals surface area contributed by atoms with Gasteiger partial charge in [0.1, 0.15) is 0 Å². The highest BCUT2D eigenvalue weighted by Gasteiger charge is 2.27. The third-order valence-corrected chi connectivity index (χ3v) is 6.88. The largest absolute Gasteiger partial charge is 0.343 e. The van der Waals surface area contributed by atoms with Crippen molar-refractivity contribution >= 4 is 27.5 Å². The Labute approximate surface area is 171 Å². The molecule has 1 aliphatic heterocycles. The van der Waals surface area contributed by atoms with E-state index in [1.807, 2.05) is 0 Å². The van der Waals surface area contributed by atoms with E-state index in [-0.39, 0.29) is 17.3 Å². The number of piperidine rings is 1. The topological polar surface area (TPSA) is 95.6 Å². The number of benzene rings is 2. The second-order valence-corrected chi connectivity index (χ2v) is 9.15. The second-order valence-electron chi connectivity index (χ2n) is 7.21. The molecule has 0 radical (unpaired) electrons. The fourth-order valence-corrected chi connectivity index (χ4v) is 4.61. The van der Waals surface area contributed by atoms with Crippen LogP contribution in [0.25, 0.3) is 0 Å². The van der Waals surface area contributed by atoms with Gasteiger partial charge in [0, 0.05) is 24.3 Å². The van der Waals surface area contributed by atoms with Crippen LogP contribution in [0.2, 0.25) is 0 Å². The summed E-state index contributed by atoms with van der Waals surface area (Å²) in [6, 6.07) is 14.7. The van der Waals surface area contributed by atoms with Gasteiger partial charge >= 0.3 is 0 Å². The van der Waals surface area contributed by atoms with Gasteiger partial charge in [0.2, 0.25) is 15.9 Å². The Bertz CT molecular complexity index is 951. The van der Waals surface area contributed by atoms with Crippen LogP contribution in [0.1, 0.15) is 30.1 Å². The molecule has 2 N–H and O–H groups in total. The summed E-state index contributed by atoms with van der Waals surface area (Å²) in [5.41, 5.74) is 0.942. The van der Waals surface area contributed by atoms with Gasteiger partial charge in [-0.1, -0.05) is 25.1 Å². The first-order chi connectivity index (χ1) is 13.9. The lowest BCUT2D eigenvalue weighted by atomic mass is 10.0. The van der Waals surface area contributed by atoms with Crippen LogP contribution in [-0.2, 0) is 14.8 Å². The summed E-state index contributed by atoms with van der Waals surface area (Å²) in [5.74, 6) is -0.186. The number of hydrogen-bond acceptors (Lipinski definition) is 4. The lowest BCUT2D eigenvalue weighted by Crippen LogP contribution is -2.37. The van der Waals surface area contributed by atoms with Gasteiger partial charge in [-0.05, 0) is 55.2 Å². The van der Waals surface area contributed by atoms with E-state index >= 15 is 0 Å². The summed E-state index contributed by atoms with van der Waals surface area (Å²) in [4.78, 5) is 24.2. The second kappa shape index (κ2) is 9.19. The van der Waals surface area contributed by atoms with E-state index in [1.54, 1.807) is 42.5 Å². The van der Waals surface area contributed by atoms with Crippen molar-refractivity contribution in [1.82, 2.24) is 9.62 Å². The molecule has 0 bridgehead atoms. The Morgan fingerprint density at radius 1 is 1.00 bits per heavy atom. The highest BCUT2D eigenvalue weighted by Crippen LogP contribution is 2.24. The number of carbonyl (C=O) groups excluding carboxylic acids is 2. The fourth-order valence-electron chi connectivity index (χ4n) is 3.14. The van der Waals surface area contributed by atoms with Gasteiger partial charge in [0.25, 0.3) is 5.91 Å². The summed E-state index contributed by atoms with van der Waals surface area (Å²) in [6.07, 6.45) is 1.73. The summed E-state index contributed by atoms with van der Waals surface area (Å²) in [5, 5.41) is 5.20. The smallest absolute Gasteiger partial charge is 0.251 e. The first-order valence-corrected chi connectivity index (χ1v) is 11.0. The third kappa shape index (κ3) is 5.42. The molecule has 7 nitrogen and oxygen atoms in total. The number of rotatable bonds is 6. The highest BCUT2D eigenvalue weighted by molar-refractivity contribution is 7.89. The molecule has 29 heavy (non-hydrogen) atoms. The number of nitrogens with zero attached hydrogens (tertiary/aromatic N) is 1. The number of sulfonamides is 1. The number of carbonyl (C=O) groups is 2. The average molecular weight is 416 g/mol. The van der Waals surface area contributed by atoms with Crippen LogP contribution >= 0.6 is 0 Å². The van der Waals surface area contributed by atoms with Crippen LogP contribution in [0.4, 0.5) is 5.69 Å². The molecular formula is C21H25N3O4S. The van der Waals surface area contributed by atoms with E-state index < -0.39 is 15.9 Å². The maximum Gasteiger partial charge on any atom is 0.251 e. The predicted molar refractivity (Wildman–Crippen MR) is 111 cm³/mol. The Kier molecular flexibility index (Phi) is 6.66. The quantitative estimate of drug-likeness (QED) is 0.758. The monoisotopic (exact) mass is 415 g/mol. The van der Waals surface area contributed by atoms with Crippen LogP contribution in [-0.4, -0.2) is 44.2 Å². The van der Waals surface area contributed by atoms with Gasteiger partial charge in [-0.2, -0.15) is 4.31 Å². The minimum atomic E-state index is -3.52. The summed E-state index contributed by atoms with van der Waals surface area (Å²) >= 11 is 0. The molecule has 8 heteroatoms. The lowest BCUT2D eigenvalue weighted by molar-refractivity contribution is -0.115. The van der Waals surface area contributed by atoms with Crippen molar-refractivity contribution in [2.45, 2.75) is 24.7 Å². The van der Waals surface area contributed by atoms with Gasteiger partial charge in [-0.15, -0.1) is 0 Å². The van der Waals surface area contributed by atoms with Crippen LogP contribution < -0.4 is 10.6 Å². The van der Waals surface area contributed by atoms with Crippen LogP contribution in [0.3, 0.4) is 0 Å². The molecule has 0 aliphatic carbocycles. The number of anilines is 1. The molecule has 2 amide bonds. The fraction of sp³-hybridized carbons (Fsp3) is 0.333. The van der Waals surface area contributed by atoms with Crippen molar-refractivity contribution in [1.29, 1.82) is 0 Å². The van der Waals surface area contributed by atoms with Gasteiger partial charge in [0.05, 0.1) is 11.4 Å². The van der Waals surface area contributed by atoms with Crippen molar-refractivity contribution in [2.24, 2.45) is 5.92 Å². The third-order valence-electron chi connectivity index (χ3n) is 4.96. The van der Waals surface area contributed by atoms with Crippen LogP contribution in [0, 0.1) is 5.92 Å². The molecular weight excluding hydrogens is 390 g/mol. The maximum atomic E-state index is 12.7. The Morgan fingerprint density at radius 2 is 1.62 bits per heavy atom. The van der Waals surface area contributed by atoms with Crippen molar-refractivity contribution in [3.8, 4) is 0 Å². The van der Waals surface area contributed by atoms with E-state index in [4.69, 9.17) is 0 Å². The van der Waals surface area contributed by atoms with Crippen LogP contribution in [0.5, 0.6) is 0 Å². The van der Waals surface area contributed by atoms with Gasteiger partial charge in [0.15, 0.2) is 0 Å². The minimum Gasteiger partial charge on any atom is -0.343 e. The van der Waals surface area contributed by atoms with Crippen LogP contribution in [0.15, 0.2) is 59.5 Å². The first-order valence-electron chi connectivity index (χ1n) is 9.59. The van der Waals surface area contributed by atoms with Gasteiger partial charge in [-0.3, -0.25) is 9.59 Å². The number of amides is 2. The van der Waals surface area contributed by atoms with Gasteiger partial charge in [-0.25, -0.2) is 8.42 Å². The minimum absolute atomic E-state index is 0.181. The molecule has 2 aromatic rings. The van der Waals surface area contributed by atoms with E-state index in [0.29, 0.717) is 30.3 Å². The molecule has 154 valence electrons. The van der Waals surface area contributed by atoms with Crippen molar-refractivity contribution in [3.63, 3.8) is 0 Å². The Morgan fingerprint density at radius 3 is 2.24 bits per heavy atom. The molecule has 1 saturated heterocycles. The predicted octanol–water partition coefficient (Wildman–Crippen LogP) is 2.48. The molecule has 0 unspecified atom stereocenters. The summed E-state index contributed by atoms with van der Waals surface area (Å²) < 4.78 is 27.0. The summed E-state index contributed by atoms with van der Waals surface area (Å²) in [7, 11) is -3.52. The zero-order chi connectivity index (χ0) is 20.9. The first kappa shape index (κ1) is 21.0. The van der Waals surface area contributed by atoms with E-state index in [0.717, 1.165) is 12.8 Å². The standard InChI is InChI=1S/C21H25N3O4S/c1-16-11-13-24(14-12-16)29(27,28)19-9-7-18(8-10-19)23-20(25)15-22-21(26)17-5-3-2-4-6-17/h2-10,16H,11-15H2,1H3,(H,22,26)(H,23,25). The van der Waals surface area contributed by atoms with Crippen molar-refractivity contribution in [2.75, 3.05) is 25.0 Å². The molecule has 0 spiro atoms. The molecule has 3 rings (SSSR count). The highest BCUT2D eigenvalue weighted by atomic mass is 32.2. The zero-order valence-electron chi connectivity index (χ0n) is 16.3.